The van der Waals surface area contributed by atoms with Crippen molar-refractivity contribution in [2.24, 2.45) is 0 Å². The molecular weight excluding hydrogens is 370 g/mol. The van der Waals surface area contributed by atoms with E-state index in [9.17, 15) is 14.4 Å². The number of nitrogens with zero attached hydrogens (tertiary/aromatic N) is 2. The zero-order valence-corrected chi connectivity index (χ0v) is 15.3. The van der Waals surface area contributed by atoms with Crippen LogP contribution in [0.5, 0.6) is 0 Å². The van der Waals surface area contributed by atoms with Gasteiger partial charge in [-0.05, 0) is 35.9 Å². The summed E-state index contributed by atoms with van der Waals surface area (Å²) in [5.41, 5.74) is 2.83. The Kier molecular flexibility index (Phi) is 4.71. The Morgan fingerprint density at radius 3 is 2.66 bits per heavy atom. The molecule has 0 bridgehead atoms. The molecule has 2 heterocycles. The number of hydrogen-bond donors (Lipinski definition) is 3. The van der Waals surface area contributed by atoms with E-state index in [1.165, 1.54) is 0 Å². The monoisotopic (exact) mass is 387 g/mol. The number of nitrogens with one attached hydrogen (secondary N) is 3. The third-order valence-electron chi connectivity index (χ3n) is 4.81. The van der Waals surface area contributed by atoms with E-state index in [2.05, 4.69) is 15.6 Å². The van der Waals surface area contributed by atoms with E-state index in [-0.39, 0.29) is 6.54 Å². The molecule has 4 rings (SSSR count). The molecule has 8 heteroatoms. The van der Waals surface area contributed by atoms with Crippen molar-refractivity contribution in [1.82, 2.24) is 15.2 Å². The summed E-state index contributed by atoms with van der Waals surface area (Å²) in [5.74, 6) is -0.929. The maximum absolute atomic E-state index is 12.7. The molecule has 1 aliphatic heterocycles. The first kappa shape index (κ1) is 18.3. The molecule has 0 aliphatic carbocycles. The van der Waals surface area contributed by atoms with Crippen LogP contribution in [-0.2, 0) is 16.0 Å². The minimum atomic E-state index is -0.718. The number of anilines is 1. The second-order valence-electron chi connectivity index (χ2n) is 6.73. The third-order valence-corrected chi connectivity index (χ3v) is 4.81. The van der Waals surface area contributed by atoms with Crippen molar-refractivity contribution in [1.29, 1.82) is 5.26 Å². The molecule has 3 N–H and O–H groups in total. The molecule has 0 spiro atoms. The average molecular weight is 387 g/mol. The van der Waals surface area contributed by atoms with Crippen molar-refractivity contribution in [2.75, 3.05) is 11.9 Å². The van der Waals surface area contributed by atoms with E-state index in [0.717, 1.165) is 21.4 Å². The number of carbonyl (C=O) groups is 3. The Bertz CT molecular complexity index is 1140. The maximum Gasteiger partial charge on any atom is 0.325 e. The second-order valence-corrected chi connectivity index (χ2v) is 6.73. The predicted molar refractivity (Wildman–Crippen MR) is 106 cm³/mol. The van der Waals surface area contributed by atoms with Gasteiger partial charge in [0.15, 0.2) is 0 Å². The third kappa shape index (κ3) is 3.66. The van der Waals surface area contributed by atoms with Gasteiger partial charge in [0.2, 0.25) is 5.91 Å². The molecule has 144 valence electrons. The van der Waals surface area contributed by atoms with Crippen LogP contribution in [0.2, 0.25) is 0 Å². The quantitative estimate of drug-likeness (QED) is 0.581. The minimum Gasteiger partial charge on any atom is -0.361 e. The van der Waals surface area contributed by atoms with E-state index >= 15 is 0 Å². The van der Waals surface area contributed by atoms with Crippen LogP contribution < -0.4 is 10.6 Å². The van der Waals surface area contributed by atoms with Crippen molar-refractivity contribution >= 4 is 34.4 Å². The van der Waals surface area contributed by atoms with Crippen molar-refractivity contribution in [3.8, 4) is 6.07 Å². The van der Waals surface area contributed by atoms with Gasteiger partial charge in [-0.25, -0.2) is 4.79 Å². The summed E-state index contributed by atoms with van der Waals surface area (Å²) in [7, 11) is 0. The van der Waals surface area contributed by atoms with Crippen LogP contribution in [0.25, 0.3) is 10.9 Å². The maximum atomic E-state index is 12.7. The first-order valence-corrected chi connectivity index (χ1v) is 9.02. The molecular formula is C21H17N5O3. The van der Waals surface area contributed by atoms with E-state index in [1.54, 1.807) is 24.3 Å². The Balaban J connectivity index is 1.41. The van der Waals surface area contributed by atoms with Crippen LogP contribution in [0.15, 0.2) is 54.7 Å². The summed E-state index contributed by atoms with van der Waals surface area (Å²) in [5, 5.41) is 15.1. The molecule has 0 radical (unpaired) electrons. The number of fused-ring (bicyclic) bond motifs is 1. The Labute approximate surface area is 166 Å². The molecule has 3 aromatic rings. The van der Waals surface area contributed by atoms with Gasteiger partial charge in [-0.15, -0.1) is 0 Å². The zero-order chi connectivity index (χ0) is 20.4. The van der Waals surface area contributed by atoms with Gasteiger partial charge in [0, 0.05) is 29.2 Å². The lowest BCUT2D eigenvalue weighted by Gasteiger charge is -2.13. The first-order valence-electron chi connectivity index (χ1n) is 9.02. The SMILES string of the molecule is N#Cc1ccc(NC(=O)CN2C(=O)N[C@@H](Cc3c[nH]c4ccccc34)C2=O)cc1. The van der Waals surface area contributed by atoms with Gasteiger partial charge in [0.25, 0.3) is 5.91 Å². The van der Waals surface area contributed by atoms with Gasteiger partial charge in [0.05, 0.1) is 11.6 Å². The molecule has 1 aliphatic rings. The highest BCUT2D eigenvalue weighted by Crippen LogP contribution is 2.21. The Morgan fingerprint density at radius 1 is 1.14 bits per heavy atom. The largest absolute Gasteiger partial charge is 0.361 e. The molecule has 29 heavy (non-hydrogen) atoms. The number of imide groups is 1. The zero-order valence-electron chi connectivity index (χ0n) is 15.3. The molecule has 0 unspecified atom stereocenters. The second kappa shape index (κ2) is 7.48. The van der Waals surface area contributed by atoms with E-state index < -0.39 is 23.9 Å². The highest BCUT2D eigenvalue weighted by molar-refractivity contribution is 6.08. The van der Waals surface area contributed by atoms with Crippen LogP contribution >= 0.6 is 0 Å². The lowest BCUT2D eigenvalue weighted by atomic mass is 10.1. The number of nitriles is 1. The molecule has 1 aromatic heterocycles. The Hall–Kier alpha value is -4.12. The van der Waals surface area contributed by atoms with E-state index in [1.807, 2.05) is 36.5 Å². The summed E-state index contributed by atoms with van der Waals surface area (Å²) in [6, 6.07) is 14.7. The van der Waals surface area contributed by atoms with Crippen LogP contribution in [0, 0.1) is 11.3 Å². The van der Waals surface area contributed by atoms with Crippen LogP contribution in [0.3, 0.4) is 0 Å². The number of amides is 4. The van der Waals surface area contributed by atoms with Crippen LogP contribution in [-0.4, -0.2) is 40.3 Å². The minimum absolute atomic E-state index is 0.336. The number of para-hydroxylation sites is 1. The topological polar surface area (TPSA) is 118 Å². The lowest BCUT2D eigenvalue weighted by Crippen LogP contribution is -2.38. The summed E-state index contributed by atoms with van der Waals surface area (Å²) < 4.78 is 0. The predicted octanol–water partition coefficient (Wildman–Crippen LogP) is 2.14. The number of rotatable bonds is 5. The van der Waals surface area contributed by atoms with Crippen molar-refractivity contribution in [3.63, 3.8) is 0 Å². The number of benzene rings is 2. The molecule has 1 fully saturated rings. The van der Waals surface area contributed by atoms with Gasteiger partial charge < -0.3 is 15.6 Å². The van der Waals surface area contributed by atoms with Crippen molar-refractivity contribution in [2.45, 2.75) is 12.5 Å². The Morgan fingerprint density at radius 2 is 1.90 bits per heavy atom. The molecule has 1 saturated heterocycles. The fourth-order valence-corrected chi connectivity index (χ4v) is 3.36. The normalized spacial score (nSPS) is 16.0. The lowest BCUT2D eigenvalue weighted by molar-refractivity contribution is -0.130. The summed E-state index contributed by atoms with van der Waals surface area (Å²) >= 11 is 0. The number of urea groups is 1. The molecule has 1 atom stereocenters. The van der Waals surface area contributed by atoms with E-state index in [0.29, 0.717) is 17.7 Å². The van der Waals surface area contributed by atoms with Crippen LogP contribution in [0.1, 0.15) is 11.1 Å². The summed E-state index contributed by atoms with van der Waals surface area (Å²) in [4.78, 5) is 41.2. The smallest absolute Gasteiger partial charge is 0.325 e. The first-order chi connectivity index (χ1) is 14.0. The average Bonchev–Trinajstić information content (AvgIpc) is 3.25. The number of aromatic amines is 1. The number of H-pyrrole nitrogens is 1. The standard InChI is InChI=1S/C21H17N5O3/c22-10-13-5-7-15(8-6-13)24-19(27)12-26-20(28)18(25-21(26)29)9-14-11-23-17-4-2-1-3-16(14)17/h1-8,11,18,23H,9,12H2,(H,24,27)(H,25,29)/t18-/m0/s1. The molecule has 4 amide bonds. The summed E-state index contributed by atoms with van der Waals surface area (Å²) in [6.07, 6.45) is 2.16. The fourth-order valence-electron chi connectivity index (χ4n) is 3.36. The number of hydrogen-bond acceptors (Lipinski definition) is 4. The molecule has 8 nitrogen and oxygen atoms in total. The highest BCUT2D eigenvalue weighted by atomic mass is 16.2. The summed E-state index contributed by atoms with van der Waals surface area (Å²) in [6.45, 7) is -0.380. The van der Waals surface area contributed by atoms with Gasteiger partial charge in [-0.2, -0.15) is 5.26 Å². The van der Waals surface area contributed by atoms with E-state index in [4.69, 9.17) is 5.26 Å². The number of carbonyl (C=O) groups excluding carboxylic acids is 3. The van der Waals surface area contributed by atoms with Crippen molar-refractivity contribution < 1.29 is 14.4 Å². The highest BCUT2D eigenvalue weighted by Gasteiger charge is 2.39. The number of aromatic nitrogens is 1. The van der Waals surface area contributed by atoms with Gasteiger partial charge >= 0.3 is 6.03 Å². The van der Waals surface area contributed by atoms with Crippen molar-refractivity contribution in [3.05, 3.63) is 65.9 Å². The van der Waals surface area contributed by atoms with Gasteiger partial charge in [-0.1, -0.05) is 18.2 Å². The fraction of sp³-hybridized carbons (Fsp3) is 0.143. The molecule has 0 saturated carbocycles. The van der Waals surface area contributed by atoms with Crippen LogP contribution in [0.4, 0.5) is 10.5 Å². The van der Waals surface area contributed by atoms with Gasteiger partial charge in [-0.3, -0.25) is 14.5 Å². The molecule has 2 aromatic carbocycles. The van der Waals surface area contributed by atoms with Gasteiger partial charge in [0.1, 0.15) is 12.6 Å².